The zero-order valence-corrected chi connectivity index (χ0v) is 13.0. The van der Waals surface area contributed by atoms with E-state index >= 15 is 0 Å². The Morgan fingerprint density at radius 2 is 2.33 bits per heavy atom. The summed E-state index contributed by atoms with van der Waals surface area (Å²) < 4.78 is 0. The van der Waals surface area contributed by atoms with E-state index in [1.807, 2.05) is 18.7 Å². The molecule has 0 radical (unpaired) electrons. The molecule has 0 spiro atoms. The van der Waals surface area contributed by atoms with Gasteiger partial charge in [-0.15, -0.1) is 0 Å². The molecule has 21 heavy (non-hydrogen) atoms. The quantitative estimate of drug-likeness (QED) is 0.683. The summed E-state index contributed by atoms with van der Waals surface area (Å²) in [6, 6.07) is 4.85. The molecule has 1 atom stereocenters. The molecule has 1 fully saturated rings. The Hall–Kier alpha value is -1.76. The van der Waals surface area contributed by atoms with Crippen molar-refractivity contribution in [2.24, 2.45) is 0 Å². The Bertz CT molecular complexity index is 550. The lowest BCUT2D eigenvalue weighted by Crippen LogP contribution is -2.41. The highest BCUT2D eigenvalue weighted by Crippen LogP contribution is 2.30. The third-order valence-electron chi connectivity index (χ3n) is 3.34. The number of para-hydroxylation sites is 1. The second-order valence-corrected chi connectivity index (χ2v) is 6.47. The minimum atomic E-state index is -0.479. The molecule has 1 amide bonds. The van der Waals surface area contributed by atoms with Crippen molar-refractivity contribution in [2.45, 2.75) is 19.1 Å². The van der Waals surface area contributed by atoms with Gasteiger partial charge >= 0.3 is 5.69 Å². The van der Waals surface area contributed by atoms with Gasteiger partial charge in [-0.1, -0.05) is 13.0 Å². The number of amides is 1. The summed E-state index contributed by atoms with van der Waals surface area (Å²) >= 11 is 1.82. The topological polar surface area (TPSA) is 75.5 Å². The Morgan fingerprint density at radius 3 is 2.95 bits per heavy atom. The van der Waals surface area contributed by atoms with Crippen LogP contribution in [0.3, 0.4) is 0 Å². The van der Waals surface area contributed by atoms with Crippen LogP contribution in [0.15, 0.2) is 18.2 Å². The molecule has 114 valence electrons. The second kappa shape index (κ2) is 6.80. The summed E-state index contributed by atoms with van der Waals surface area (Å²) in [5, 5.41) is 14.7. The van der Waals surface area contributed by atoms with Gasteiger partial charge in [-0.25, -0.2) is 0 Å². The van der Waals surface area contributed by atoms with E-state index in [1.165, 1.54) is 6.07 Å². The van der Waals surface area contributed by atoms with Gasteiger partial charge in [-0.05, 0) is 19.1 Å². The normalized spacial score (nSPS) is 18.4. The molecule has 1 aliphatic rings. The number of hydrogen-bond acceptors (Lipinski definition) is 5. The van der Waals surface area contributed by atoms with Crippen molar-refractivity contribution in [1.82, 2.24) is 4.90 Å². The van der Waals surface area contributed by atoms with Crippen molar-refractivity contribution in [3.05, 3.63) is 33.9 Å². The van der Waals surface area contributed by atoms with Crippen molar-refractivity contribution >= 4 is 29.0 Å². The maximum absolute atomic E-state index is 12.6. The number of carbonyl (C=O) groups excluding carboxylic acids is 1. The molecule has 1 heterocycles. The monoisotopic (exact) mass is 309 g/mol. The molecule has 6 nitrogen and oxygen atoms in total. The summed E-state index contributed by atoms with van der Waals surface area (Å²) in [6.07, 6.45) is 0. The van der Waals surface area contributed by atoms with E-state index in [1.54, 1.807) is 17.0 Å². The van der Waals surface area contributed by atoms with Gasteiger partial charge in [-0.2, -0.15) is 11.8 Å². The van der Waals surface area contributed by atoms with Gasteiger partial charge in [0.15, 0.2) is 0 Å². The van der Waals surface area contributed by atoms with Crippen molar-refractivity contribution < 1.29 is 9.72 Å². The molecule has 7 heteroatoms. The van der Waals surface area contributed by atoms with E-state index in [2.05, 4.69) is 12.2 Å². The van der Waals surface area contributed by atoms with Gasteiger partial charge in [0.25, 0.3) is 5.91 Å². The molecule has 0 bridgehead atoms. The summed E-state index contributed by atoms with van der Waals surface area (Å²) in [7, 11) is 0. The molecule has 1 unspecified atom stereocenters. The molecule has 1 N–H and O–H groups in total. The van der Waals surface area contributed by atoms with Crippen molar-refractivity contribution in [3.8, 4) is 0 Å². The van der Waals surface area contributed by atoms with Gasteiger partial charge in [0.05, 0.1) is 4.92 Å². The first-order valence-electron chi connectivity index (χ1n) is 6.96. The summed E-state index contributed by atoms with van der Waals surface area (Å²) in [6.45, 7) is 5.76. The van der Waals surface area contributed by atoms with E-state index in [0.717, 1.165) is 5.75 Å². The Kier molecular flexibility index (Phi) is 5.06. The molecule has 1 saturated heterocycles. The average molecular weight is 309 g/mol. The molecule has 1 aromatic rings. The predicted molar refractivity (Wildman–Crippen MR) is 85.1 cm³/mol. The first kappa shape index (κ1) is 15.6. The number of carbonyl (C=O) groups is 1. The zero-order valence-electron chi connectivity index (χ0n) is 12.2. The smallest absolute Gasteiger partial charge is 0.305 e. The summed E-state index contributed by atoms with van der Waals surface area (Å²) in [5.41, 5.74) is 0.431. The number of nitro benzene ring substituents is 1. The predicted octanol–water partition coefficient (Wildman–Crippen LogP) is 2.60. The van der Waals surface area contributed by atoms with Gasteiger partial charge in [-0.3, -0.25) is 14.9 Å². The van der Waals surface area contributed by atoms with Crippen LogP contribution in [0.25, 0.3) is 0 Å². The lowest BCUT2D eigenvalue weighted by atomic mass is 10.1. The Morgan fingerprint density at radius 1 is 1.57 bits per heavy atom. The number of thioether (sulfide) groups is 1. The molecular weight excluding hydrogens is 290 g/mol. The molecule has 1 aliphatic heterocycles. The maximum Gasteiger partial charge on any atom is 0.305 e. The maximum atomic E-state index is 12.6. The van der Waals surface area contributed by atoms with Crippen LogP contribution in [0.5, 0.6) is 0 Å². The van der Waals surface area contributed by atoms with Gasteiger partial charge in [0, 0.05) is 30.6 Å². The first-order valence-corrected chi connectivity index (χ1v) is 8.01. The number of nitro groups is 1. The third-order valence-corrected chi connectivity index (χ3v) is 4.48. The van der Waals surface area contributed by atoms with Crippen LogP contribution in [0, 0.1) is 10.1 Å². The average Bonchev–Trinajstić information content (AvgIpc) is 2.46. The fourth-order valence-corrected chi connectivity index (χ4v) is 3.43. The van der Waals surface area contributed by atoms with Crippen LogP contribution in [-0.2, 0) is 0 Å². The highest BCUT2D eigenvalue weighted by Gasteiger charge is 2.29. The number of rotatable bonds is 4. The number of nitrogens with zero attached hydrogens (tertiary/aromatic N) is 2. The van der Waals surface area contributed by atoms with Crippen molar-refractivity contribution in [2.75, 3.05) is 30.7 Å². The largest absolute Gasteiger partial charge is 0.380 e. The molecular formula is C14H19N3O3S. The standard InChI is InChI=1S/C14H19N3O3S/c1-3-15-12-6-4-5-11(13(12)17(19)20)14(18)16-7-8-21-10(2)9-16/h4-6,10,15H,3,7-9H2,1-2H3. The first-order chi connectivity index (χ1) is 10.0. The lowest BCUT2D eigenvalue weighted by molar-refractivity contribution is -0.384. The van der Waals surface area contributed by atoms with Crippen LogP contribution < -0.4 is 5.32 Å². The highest BCUT2D eigenvalue weighted by atomic mass is 32.2. The van der Waals surface area contributed by atoms with Crippen molar-refractivity contribution in [1.29, 1.82) is 0 Å². The van der Waals surface area contributed by atoms with Crippen molar-refractivity contribution in [3.63, 3.8) is 0 Å². The number of anilines is 1. The Labute approximate surface area is 128 Å². The van der Waals surface area contributed by atoms with E-state index in [4.69, 9.17) is 0 Å². The van der Waals surface area contributed by atoms with Gasteiger partial charge < -0.3 is 10.2 Å². The zero-order chi connectivity index (χ0) is 15.4. The minimum absolute atomic E-state index is 0.129. The van der Waals surface area contributed by atoms with E-state index in [-0.39, 0.29) is 17.2 Å². The van der Waals surface area contributed by atoms with Gasteiger partial charge in [0.2, 0.25) is 0 Å². The lowest BCUT2D eigenvalue weighted by Gasteiger charge is -2.30. The SMILES string of the molecule is CCNc1cccc(C(=O)N2CCSC(C)C2)c1[N+](=O)[O-]. The molecule has 0 saturated carbocycles. The van der Waals surface area contributed by atoms with Crippen LogP contribution in [0.1, 0.15) is 24.2 Å². The number of nitrogens with one attached hydrogen (secondary N) is 1. The highest BCUT2D eigenvalue weighted by molar-refractivity contribution is 7.99. The third kappa shape index (κ3) is 3.47. The number of benzene rings is 1. The molecule has 0 aliphatic carbocycles. The van der Waals surface area contributed by atoms with E-state index in [9.17, 15) is 14.9 Å². The van der Waals surface area contributed by atoms with Crippen LogP contribution >= 0.6 is 11.8 Å². The van der Waals surface area contributed by atoms with E-state index < -0.39 is 4.92 Å². The van der Waals surface area contributed by atoms with Crippen LogP contribution in [0.2, 0.25) is 0 Å². The van der Waals surface area contributed by atoms with Crippen LogP contribution in [-0.4, -0.2) is 46.4 Å². The fourth-order valence-electron chi connectivity index (χ4n) is 2.42. The van der Waals surface area contributed by atoms with Gasteiger partial charge in [0.1, 0.15) is 11.3 Å². The fraction of sp³-hybridized carbons (Fsp3) is 0.500. The second-order valence-electron chi connectivity index (χ2n) is 4.92. The summed E-state index contributed by atoms with van der Waals surface area (Å²) in [5.74, 6) is 0.613. The molecule has 0 aromatic heterocycles. The summed E-state index contributed by atoms with van der Waals surface area (Å²) in [4.78, 5) is 25.2. The number of hydrogen-bond donors (Lipinski definition) is 1. The molecule has 1 aromatic carbocycles. The Balaban J connectivity index is 2.35. The van der Waals surface area contributed by atoms with Crippen LogP contribution in [0.4, 0.5) is 11.4 Å². The van der Waals surface area contributed by atoms with E-state index in [0.29, 0.717) is 30.6 Å². The molecule has 2 rings (SSSR count). The minimum Gasteiger partial charge on any atom is -0.380 e.